The number of halogens is 2. The van der Waals surface area contributed by atoms with Gasteiger partial charge in [-0.3, -0.25) is 0 Å². The van der Waals surface area contributed by atoms with E-state index in [9.17, 15) is 4.39 Å². The van der Waals surface area contributed by atoms with E-state index in [-0.39, 0.29) is 5.82 Å². The maximum atomic E-state index is 14.1. The first kappa shape index (κ1) is 15.3. The molecule has 102 valence electrons. The van der Waals surface area contributed by atoms with Crippen LogP contribution in [0.5, 0.6) is 0 Å². The Labute approximate surface area is 115 Å². The Morgan fingerprint density at radius 2 is 1.67 bits per heavy atom. The summed E-state index contributed by atoms with van der Waals surface area (Å²) in [5, 5.41) is 0. The lowest BCUT2D eigenvalue weighted by Crippen LogP contribution is -2.32. The van der Waals surface area contributed by atoms with Crippen molar-refractivity contribution in [2.24, 2.45) is 11.8 Å². The highest BCUT2D eigenvalue weighted by Gasteiger charge is 2.17. The normalized spacial score (nSPS) is 11.3. The topological polar surface area (TPSA) is 3.24 Å². The number of para-hydroxylation sites is 1. The fourth-order valence-electron chi connectivity index (χ4n) is 2.16. The van der Waals surface area contributed by atoms with Gasteiger partial charge in [0.05, 0.1) is 5.69 Å². The number of hydrogen-bond acceptors (Lipinski definition) is 1. The Kier molecular flexibility index (Phi) is 5.94. The Morgan fingerprint density at radius 3 is 2.11 bits per heavy atom. The lowest BCUT2D eigenvalue weighted by Gasteiger charge is -2.30. The number of hydrogen-bond donors (Lipinski definition) is 0. The second-order valence-electron chi connectivity index (χ2n) is 5.57. The molecule has 0 N–H and O–H groups in total. The van der Waals surface area contributed by atoms with Gasteiger partial charge in [-0.1, -0.05) is 39.8 Å². The molecule has 0 heterocycles. The molecule has 0 unspecified atom stereocenters. The van der Waals surface area contributed by atoms with Gasteiger partial charge in [0, 0.05) is 19.0 Å². The van der Waals surface area contributed by atoms with Crippen LogP contribution in [0.25, 0.3) is 0 Å². The molecule has 1 aromatic carbocycles. The zero-order valence-corrected chi connectivity index (χ0v) is 12.5. The minimum atomic E-state index is -0.172. The van der Waals surface area contributed by atoms with Crippen molar-refractivity contribution >= 4 is 17.3 Å². The monoisotopic (exact) mass is 271 g/mol. The predicted octanol–water partition coefficient (Wildman–Crippen LogP) is 4.68. The van der Waals surface area contributed by atoms with Crippen molar-refractivity contribution < 1.29 is 4.39 Å². The van der Waals surface area contributed by atoms with Gasteiger partial charge < -0.3 is 4.90 Å². The maximum absolute atomic E-state index is 14.1. The van der Waals surface area contributed by atoms with Crippen molar-refractivity contribution in [2.75, 3.05) is 18.0 Å². The van der Waals surface area contributed by atoms with Crippen molar-refractivity contribution in [1.82, 2.24) is 0 Å². The molecule has 3 heteroatoms. The molecule has 0 fully saturated rings. The second kappa shape index (κ2) is 6.98. The molecule has 0 aliphatic rings. The molecule has 0 aliphatic heterocycles. The van der Waals surface area contributed by atoms with Crippen LogP contribution in [0, 0.1) is 17.7 Å². The highest BCUT2D eigenvalue weighted by atomic mass is 35.5. The zero-order valence-electron chi connectivity index (χ0n) is 11.7. The Morgan fingerprint density at radius 1 is 1.11 bits per heavy atom. The van der Waals surface area contributed by atoms with E-state index in [1.54, 1.807) is 6.07 Å². The van der Waals surface area contributed by atoms with Crippen molar-refractivity contribution in [2.45, 2.75) is 33.6 Å². The molecule has 0 atom stereocenters. The molecule has 1 aromatic rings. The minimum absolute atomic E-state index is 0.172. The fraction of sp³-hybridized carbons (Fsp3) is 0.600. The van der Waals surface area contributed by atoms with E-state index in [1.807, 2.05) is 6.07 Å². The van der Waals surface area contributed by atoms with E-state index in [1.165, 1.54) is 6.07 Å². The maximum Gasteiger partial charge on any atom is 0.146 e. The summed E-state index contributed by atoms with van der Waals surface area (Å²) in [4.78, 5) is 2.13. The van der Waals surface area contributed by atoms with Crippen LogP contribution < -0.4 is 4.90 Å². The highest BCUT2D eigenvalue weighted by Crippen LogP contribution is 2.27. The standard InChI is InChI=1S/C15H23ClFN/c1-11(2)9-18(10-12(3)4)15-13(8-16)6-5-7-14(15)17/h5-7,11-12H,8-10H2,1-4H3. The summed E-state index contributed by atoms with van der Waals surface area (Å²) in [6.45, 7) is 10.3. The van der Waals surface area contributed by atoms with Crippen molar-refractivity contribution in [3.63, 3.8) is 0 Å². The second-order valence-corrected chi connectivity index (χ2v) is 5.84. The molecule has 1 nitrogen and oxygen atoms in total. The molecular weight excluding hydrogens is 249 g/mol. The van der Waals surface area contributed by atoms with Gasteiger partial charge >= 0.3 is 0 Å². The summed E-state index contributed by atoms with van der Waals surface area (Å²) in [6.07, 6.45) is 0. The van der Waals surface area contributed by atoms with Crippen LogP contribution >= 0.6 is 11.6 Å². The third-order valence-electron chi connectivity index (χ3n) is 2.70. The van der Waals surface area contributed by atoms with Crippen molar-refractivity contribution in [1.29, 1.82) is 0 Å². The van der Waals surface area contributed by atoms with Gasteiger partial charge in [0.15, 0.2) is 0 Å². The summed E-state index contributed by atoms with van der Waals surface area (Å²) < 4.78 is 14.1. The largest absolute Gasteiger partial charge is 0.368 e. The van der Waals surface area contributed by atoms with Gasteiger partial charge in [-0.2, -0.15) is 0 Å². The average molecular weight is 272 g/mol. The van der Waals surface area contributed by atoms with E-state index in [2.05, 4.69) is 32.6 Å². The van der Waals surface area contributed by atoms with Gasteiger partial charge in [-0.15, -0.1) is 11.6 Å². The molecule has 0 saturated heterocycles. The SMILES string of the molecule is CC(C)CN(CC(C)C)c1c(F)cccc1CCl. The first-order valence-corrected chi connectivity index (χ1v) is 7.07. The van der Waals surface area contributed by atoms with E-state index in [4.69, 9.17) is 11.6 Å². The van der Waals surface area contributed by atoms with E-state index >= 15 is 0 Å². The third-order valence-corrected chi connectivity index (χ3v) is 2.99. The lowest BCUT2D eigenvalue weighted by molar-refractivity contribution is 0.536. The zero-order chi connectivity index (χ0) is 13.7. The minimum Gasteiger partial charge on any atom is -0.368 e. The number of nitrogens with zero attached hydrogens (tertiary/aromatic N) is 1. The van der Waals surface area contributed by atoms with Crippen LogP contribution in [0.2, 0.25) is 0 Å². The van der Waals surface area contributed by atoms with Crippen LogP contribution in [0.15, 0.2) is 18.2 Å². The third kappa shape index (κ3) is 4.16. The number of anilines is 1. The summed E-state index contributed by atoms with van der Waals surface area (Å²) >= 11 is 5.93. The van der Waals surface area contributed by atoms with E-state index in [0.717, 1.165) is 18.7 Å². The molecule has 18 heavy (non-hydrogen) atoms. The number of benzene rings is 1. The summed E-state index contributed by atoms with van der Waals surface area (Å²) in [6, 6.07) is 5.14. The van der Waals surface area contributed by atoms with Gasteiger partial charge in [0.25, 0.3) is 0 Å². The first-order valence-electron chi connectivity index (χ1n) is 6.54. The van der Waals surface area contributed by atoms with Crippen molar-refractivity contribution in [3.05, 3.63) is 29.6 Å². The summed E-state index contributed by atoms with van der Waals surface area (Å²) in [5.41, 5.74) is 1.55. The average Bonchev–Trinajstić information content (AvgIpc) is 2.26. The van der Waals surface area contributed by atoms with Gasteiger partial charge in [-0.05, 0) is 23.5 Å². The highest BCUT2D eigenvalue weighted by molar-refractivity contribution is 6.17. The van der Waals surface area contributed by atoms with Crippen LogP contribution in [-0.4, -0.2) is 13.1 Å². The molecular formula is C15H23ClFN. The predicted molar refractivity (Wildman–Crippen MR) is 77.8 cm³/mol. The quantitative estimate of drug-likeness (QED) is 0.679. The molecule has 0 aromatic heterocycles. The fourth-order valence-corrected chi connectivity index (χ4v) is 2.38. The van der Waals surface area contributed by atoms with Gasteiger partial charge in [0.1, 0.15) is 5.82 Å². The van der Waals surface area contributed by atoms with Gasteiger partial charge in [0.2, 0.25) is 0 Å². The molecule has 0 aliphatic carbocycles. The Bertz CT molecular complexity index is 367. The molecule has 0 saturated carbocycles. The van der Waals surface area contributed by atoms with Crippen LogP contribution in [-0.2, 0) is 5.88 Å². The Balaban J connectivity index is 3.10. The van der Waals surface area contributed by atoms with E-state index in [0.29, 0.717) is 23.4 Å². The van der Waals surface area contributed by atoms with Crippen LogP contribution in [0.4, 0.5) is 10.1 Å². The first-order chi connectivity index (χ1) is 8.45. The van der Waals surface area contributed by atoms with Crippen LogP contribution in [0.3, 0.4) is 0 Å². The lowest BCUT2D eigenvalue weighted by atomic mass is 10.1. The van der Waals surface area contributed by atoms with Crippen molar-refractivity contribution in [3.8, 4) is 0 Å². The molecule has 0 amide bonds. The Hall–Kier alpha value is -0.760. The van der Waals surface area contributed by atoms with Gasteiger partial charge in [-0.25, -0.2) is 4.39 Å². The molecule has 1 rings (SSSR count). The van der Waals surface area contributed by atoms with E-state index < -0.39 is 0 Å². The summed E-state index contributed by atoms with van der Waals surface area (Å²) in [5.74, 6) is 1.16. The summed E-state index contributed by atoms with van der Waals surface area (Å²) in [7, 11) is 0. The molecule has 0 radical (unpaired) electrons. The number of alkyl halides is 1. The van der Waals surface area contributed by atoms with Crippen LogP contribution in [0.1, 0.15) is 33.3 Å². The smallest absolute Gasteiger partial charge is 0.146 e. The number of rotatable bonds is 6. The molecule has 0 bridgehead atoms. The molecule has 0 spiro atoms.